The average Bonchev–Trinajstić information content (AvgIpc) is 2.94. The van der Waals surface area contributed by atoms with Gasteiger partial charge in [0.15, 0.2) is 17.9 Å². The summed E-state index contributed by atoms with van der Waals surface area (Å²) in [7, 11) is 0. The number of halogens is 6. The molecule has 4 nitrogen and oxygen atoms in total. The highest BCUT2D eigenvalue weighted by Gasteiger charge is 2.45. The van der Waals surface area contributed by atoms with Gasteiger partial charge in [-0.25, -0.2) is 8.78 Å². The van der Waals surface area contributed by atoms with Crippen molar-refractivity contribution >= 4 is 0 Å². The fraction of sp³-hybridized carbons (Fsp3) is 0.613. The van der Waals surface area contributed by atoms with Crippen LogP contribution in [0.5, 0.6) is 11.5 Å². The van der Waals surface area contributed by atoms with Crippen LogP contribution in [0, 0.1) is 41.2 Å². The molecule has 0 unspecified atom stereocenters. The minimum Gasteiger partial charge on any atom is -0.432 e. The fourth-order valence-electron chi connectivity index (χ4n) is 6.60. The standard InChI is InChI=1S/C31H36F6O4/c1-18-16-38-29(39-17-18)21-4-2-19(3-5-21)20-6-9-23(10-7-20)31(36,37)41-24-11-12-25(26(32)15-24)22-8-13-28(27(33)14-22)40-30(34)35/h8,11-15,18-21,23,29-30H,2-7,9-10,16-17H2,1H3. The second-order valence-electron chi connectivity index (χ2n) is 11.8. The van der Waals surface area contributed by atoms with Crippen molar-refractivity contribution in [3.63, 3.8) is 0 Å². The van der Waals surface area contributed by atoms with E-state index in [1.807, 2.05) is 0 Å². The Kier molecular flexibility index (Phi) is 9.38. The summed E-state index contributed by atoms with van der Waals surface area (Å²) < 4.78 is 105. The van der Waals surface area contributed by atoms with Crippen LogP contribution in [0.4, 0.5) is 26.3 Å². The van der Waals surface area contributed by atoms with Gasteiger partial charge in [-0.15, -0.1) is 0 Å². The van der Waals surface area contributed by atoms with Gasteiger partial charge in [0.05, 0.1) is 19.1 Å². The molecule has 41 heavy (non-hydrogen) atoms. The van der Waals surface area contributed by atoms with Gasteiger partial charge in [-0.3, -0.25) is 0 Å². The highest BCUT2D eigenvalue weighted by atomic mass is 19.3. The van der Waals surface area contributed by atoms with Crippen LogP contribution in [0.2, 0.25) is 0 Å². The van der Waals surface area contributed by atoms with Crippen LogP contribution < -0.4 is 9.47 Å². The Morgan fingerprint density at radius 1 is 0.780 bits per heavy atom. The molecule has 0 spiro atoms. The molecule has 0 aromatic heterocycles. The van der Waals surface area contributed by atoms with Crippen LogP contribution in [0.25, 0.3) is 11.1 Å². The quantitative estimate of drug-likeness (QED) is 0.290. The van der Waals surface area contributed by atoms with Crippen LogP contribution >= 0.6 is 0 Å². The highest BCUT2D eigenvalue weighted by molar-refractivity contribution is 5.66. The topological polar surface area (TPSA) is 36.9 Å². The molecule has 10 heteroatoms. The summed E-state index contributed by atoms with van der Waals surface area (Å²) in [4.78, 5) is 0. The Hall–Kier alpha value is -2.46. The summed E-state index contributed by atoms with van der Waals surface area (Å²) in [5, 5.41) is 0. The largest absolute Gasteiger partial charge is 0.432 e. The van der Waals surface area contributed by atoms with E-state index in [2.05, 4.69) is 11.7 Å². The zero-order valence-electron chi connectivity index (χ0n) is 23.0. The van der Waals surface area contributed by atoms with Gasteiger partial charge in [0.25, 0.3) is 0 Å². The highest BCUT2D eigenvalue weighted by Crippen LogP contribution is 2.46. The smallest absolute Gasteiger partial charge is 0.400 e. The van der Waals surface area contributed by atoms with Crippen molar-refractivity contribution in [2.45, 2.75) is 77.3 Å². The molecule has 5 rings (SSSR count). The van der Waals surface area contributed by atoms with Gasteiger partial charge in [-0.05, 0) is 93.0 Å². The first-order valence-electron chi connectivity index (χ1n) is 14.4. The molecule has 226 valence electrons. The molecule has 1 saturated heterocycles. The normalized spacial score (nSPS) is 29.4. The molecule has 1 aliphatic heterocycles. The van der Waals surface area contributed by atoms with Gasteiger partial charge in [-0.2, -0.15) is 17.6 Å². The van der Waals surface area contributed by atoms with Crippen molar-refractivity contribution in [3.05, 3.63) is 48.0 Å². The first-order valence-corrected chi connectivity index (χ1v) is 14.4. The average molecular weight is 587 g/mol. The molecular formula is C31H36F6O4. The lowest BCUT2D eigenvalue weighted by Crippen LogP contribution is -2.40. The van der Waals surface area contributed by atoms with Crippen molar-refractivity contribution in [1.29, 1.82) is 0 Å². The monoisotopic (exact) mass is 586 g/mol. The van der Waals surface area contributed by atoms with Crippen LogP contribution in [-0.4, -0.2) is 32.2 Å². The Balaban J connectivity index is 1.12. The molecule has 0 amide bonds. The maximum Gasteiger partial charge on any atom is 0.400 e. The summed E-state index contributed by atoms with van der Waals surface area (Å²) in [6.07, 6.45) is 2.67. The SMILES string of the molecule is CC1COC(C2CCC(C3CCC(C(F)(F)Oc4ccc(-c5ccc(OC(F)F)c(F)c5)c(F)c4)CC3)CC2)OC1. The van der Waals surface area contributed by atoms with Gasteiger partial charge < -0.3 is 18.9 Å². The summed E-state index contributed by atoms with van der Waals surface area (Å²) in [5.74, 6) is -2.24. The summed E-state index contributed by atoms with van der Waals surface area (Å²) in [6.45, 7) is 0.367. The Morgan fingerprint density at radius 3 is 1.98 bits per heavy atom. The van der Waals surface area contributed by atoms with E-state index in [-0.39, 0.29) is 23.2 Å². The molecule has 0 atom stereocenters. The van der Waals surface area contributed by atoms with Crippen LogP contribution in [-0.2, 0) is 9.47 Å². The van der Waals surface area contributed by atoms with E-state index in [9.17, 15) is 17.6 Å². The van der Waals surface area contributed by atoms with Gasteiger partial charge in [0, 0.05) is 23.5 Å². The maximum absolute atomic E-state index is 15.1. The van der Waals surface area contributed by atoms with Gasteiger partial charge >= 0.3 is 12.7 Å². The molecule has 3 fully saturated rings. The van der Waals surface area contributed by atoms with Crippen molar-refractivity contribution in [2.75, 3.05) is 13.2 Å². The Bertz CT molecular complexity index is 1150. The lowest BCUT2D eigenvalue weighted by atomic mass is 9.69. The number of rotatable bonds is 8. The Labute approximate surface area is 236 Å². The summed E-state index contributed by atoms with van der Waals surface area (Å²) in [5.41, 5.74) is -0.0461. The van der Waals surface area contributed by atoms with E-state index < -0.39 is 36.0 Å². The molecule has 0 bridgehead atoms. The van der Waals surface area contributed by atoms with Crippen molar-refractivity contribution in [3.8, 4) is 22.6 Å². The molecule has 2 saturated carbocycles. The summed E-state index contributed by atoms with van der Waals surface area (Å²) >= 11 is 0. The molecule has 1 heterocycles. The van der Waals surface area contributed by atoms with Crippen molar-refractivity contribution in [2.24, 2.45) is 29.6 Å². The zero-order chi connectivity index (χ0) is 29.1. The van der Waals surface area contributed by atoms with E-state index in [1.54, 1.807) is 0 Å². The number of benzene rings is 2. The van der Waals surface area contributed by atoms with Crippen molar-refractivity contribution in [1.82, 2.24) is 0 Å². The number of alkyl halides is 4. The van der Waals surface area contributed by atoms with E-state index in [4.69, 9.17) is 14.2 Å². The number of hydrogen-bond acceptors (Lipinski definition) is 4. The molecule has 0 radical (unpaired) electrons. The first kappa shape index (κ1) is 30.0. The third-order valence-corrected chi connectivity index (χ3v) is 8.86. The van der Waals surface area contributed by atoms with Crippen LogP contribution in [0.1, 0.15) is 58.3 Å². The van der Waals surface area contributed by atoms with Gasteiger partial charge in [0.1, 0.15) is 11.6 Å². The third kappa shape index (κ3) is 7.31. The van der Waals surface area contributed by atoms with Crippen LogP contribution in [0.15, 0.2) is 36.4 Å². The second-order valence-corrected chi connectivity index (χ2v) is 11.8. The third-order valence-electron chi connectivity index (χ3n) is 8.86. The summed E-state index contributed by atoms with van der Waals surface area (Å²) in [6, 6.07) is 6.22. The lowest BCUT2D eigenvalue weighted by molar-refractivity contribution is -0.229. The van der Waals surface area contributed by atoms with E-state index in [0.717, 1.165) is 57.1 Å². The van der Waals surface area contributed by atoms with Gasteiger partial charge in [0.2, 0.25) is 0 Å². The fourth-order valence-corrected chi connectivity index (χ4v) is 6.60. The lowest BCUT2D eigenvalue weighted by Gasteiger charge is -2.41. The molecule has 2 aromatic carbocycles. The molecule has 2 aromatic rings. The Morgan fingerprint density at radius 2 is 1.39 bits per heavy atom. The minimum absolute atomic E-state index is 0.0423. The molecule has 2 aliphatic carbocycles. The maximum atomic E-state index is 15.1. The molecule has 3 aliphatic rings. The van der Waals surface area contributed by atoms with Gasteiger partial charge in [-0.1, -0.05) is 13.0 Å². The molecular weight excluding hydrogens is 550 g/mol. The van der Waals surface area contributed by atoms with Crippen molar-refractivity contribution < 1.29 is 45.3 Å². The number of ether oxygens (including phenoxy) is 4. The van der Waals surface area contributed by atoms with E-state index in [0.29, 0.717) is 49.4 Å². The second kappa shape index (κ2) is 12.8. The van der Waals surface area contributed by atoms with E-state index in [1.165, 1.54) is 18.2 Å². The predicted molar refractivity (Wildman–Crippen MR) is 140 cm³/mol. The first-order chi connectivity index (χ1) is 19.6. The number of hydrogen-bond donors (Lipinski definition) is 0. The molecule has 0 N–H and O–H groups in total. The predicted octanol–water partition coefficient (Wildman–Crippen LogP) is 8.83. The van der Waals surface area contributed by atoms with E-state index >= 15 is 8.78 Å². The van der Waals surface area contributed by atoms with Crippen LogP contribution in [0.3, 0.4) is 0 Å². The minimum atomic E-state index is -3.47. The zero-order valence-corrected chi connectivity index (χ0v) is 23.0.